The molecule has 4 heteroatoms. The summed E-state index contributed by atoms with van der Waals surface area (Å²) in [4.78, 5) is 0. The van der Waals surface area contributed by atoms with Crippen LogP contribution in [0.4, 0.5) is 0 Å². The molecule has 108 valence electrons. The van der Waals surface area contributed by atoms with Crippen LogP contribution in [0.3, 0.4) is 0 Å². The maximum absolute atomic E-state index is 6.31. The first-order valence-electron chi connectivity index (χ1n) is 7.34. The van der Waals surface area contributed by atoms with Gasteiger partial charge in [0.25, 0.3) is 0 Å². The monoisotopic (exact) mass is 290 g/mol. The Hall–Kier alpha value is -1.42. The SMILES string of the molecule is C[Si](C)(C)OC1=C(c2ccc3c(c2)OCO3)CCCC1. The van der Waals surface area contributed by atoms with E-state index in [4.69, 9.17) is 13.9 Å². The smallest absolute Gasteiger partial charge is 0.241 e. The van der Waals surface area contributed by atoms with Gasteiger partial charge in [-0.3, -0.25) is 0 Å². The third-order valence-electron chi connectivity index (χ3n) is 3.57. The molecule has 20 heavy (non-hydrogen) atoms. The van der Waals surface area contributed by atoms with Crippen molar-refractivity contribution in [1.82, 2.24) is 0 Å². The van der Waals surface area contributed by atoms with Crippen molar-refractivity contribution in [3.63, 3.8) is 0 Å². The Labute approximate surface area is 121 Å². The summed E-state index contributed by atoms with van der Waals surface area (Å²) < 4.78 is 17.2. The van der Waals surface area contributed by atoms with Crippen molar-refractivity contribution in [3.05, 3.63) is 29.5 Å². The summed E-state index contributed by atoms with van der Waals surface area (Å²) in [6.45, 7) is 7.06. The zero-order valence-electron chi connectivity index (χ0n) is 12.5. The van der Waals surface area contributed by atoms with Crippen molar-refractivity contribution in [2.45, 2.75) is 45.3 Å². The van der Waals surface area contributed by atoms with Crippen molar-refractivity contribution in [3.8, 4) is 11.5 Å². The predicted molar refractivity (Wildman–Crippen MR) is 82.4 cm³/mol. The van der Waals surface area contributed by atoms with E-state index in [1.54, 1.807) is 0 Å². The molecule has 0 unspecified atom stereocenters. The Morgan fingerprint density at radius 1 is 1.00 bits per heavy atom. The molecule has 0 bridgehead atoms. The van der Waals surface area contributed by atoms with Crippen LogP contribution in [-0.4, -0.2) is 15.1 Å². The van der Waals surface area contributed by atoms with Crippen molar-refractivity contribution in [1.29, 1.82) is 0 Å². The summed E-state index contributed by atoms with van der Waals surface area (Å²) in [5.41, 5.74) is 2.58. The van der Waals surface area contributed by atoms with Crippen LogP contribution in [0.5, 0.6) is 11.5 Å². The molecule has 0 saturated heterocycles. The van der Waals surface area contributed by atoms with Crippen molar-refractivity contribution in [2.24, 2.45) is 0 Å². The lowest BCUT2D eigenvalue weighted by Crippen LogP contribution is -2.26. The van der Waals surface area contributed by atoms with E-state index in [0.717, 1.165) is 24.3 Å². The van der Waals surface area contributed by atoms with Crippen LogP contribution in [0.2, 0.25) is 19.6 Å². The fourth-order valence-corrected chi connectivity index (χ4v) is 3.71. The van der Waals surface area contributed by atoms with Crippen molar-refractivity contribution >= 4 is 13.9 Å². The number of hydrogen-bond acceptors (Lipinski definition) is 3. The third kappa shape index (κ3) is 2.85. The molecule has 1 aromatic carbocycles. The molecule has 0 spiro atoms. The van der Waals surface area contributed by atoms with E-state index in [2.05, 4.69) is 31.8 Å². The number of rotatable bonds is 3. The Morgan fingerprint density at radius 3 is 2.55 bits per heavy atom. The van der Waals surface area contributed by atoms with Gasteiger partial charge in [-0.2, -0.15) is 0 Å². The lowest BCUT2D eigenvalue weighted by Gasteiger charge is -2.28. The minimum Gasteiger partial charge on any atom is -0.547 e. The average Bonchev–Trinajstić information content (AvgIpc) is 2.84. The molecule has 0 amide bonds. The summed E-state index contributed by atoms with van der Waals surface area (Å²) in [6, 6.07) is 6.23. The second-order valence-electron chi connectivity index (χ2n) is 6.39. The molecule has 2 aliphatic rings. The molecule has 3 rings (SSSR count). The zero-order chi connectivity index (χ0) is 14.2. The number of benzene rings is 1. The van der Waals surface area contributed by atoms with E-state index in [9.17, 15) is 0 Å². The fraction of sp³-hybridized carbons (Fsp3) is 0.500. The number of allylic oxidation sites excluding steroid dienone is 2. The van der Waals surface area contributed by atoms with E-state index >= 15 is 0 Å². The van der Waals surface area contributed by atoms with E-state index in [-0.39, 0.29) is 0 Å². The lowest BCUT2D eigenvalue weighted by molar-refractivity contribution is 0.174. The maximum atomic E-state index is 6.31. The van der Waals surface area contributed by atoms with Crippen LogP contribution in [0.1, 0.15) is 31.2 Å². The highest BCUT2D eigenvalue weighted by Crippen LogP contribution is 2.39. The second kappa shape index (κ2) is 5.17. The quantitative estimate of drug-likeness (QED) is 0.764. The maximum Gasteiger partial charge on any atom is 0.241 e. The van der Waals surface area contributed by atoms with Gasteiger partial charge in [-0.25, -0.2) is 0 Å². The van der Waals surface area contributed by atoms with Gasteiger partial charge < -0.3 is 13.9 Å². The summed E-state index contributed by atoms with van der Waals surface area (Å²) in [7, 11) is -1.55. The highest BCUT2D eigenvalue weighted by Gasteiger charge is 2.24. The third-order valence-corrected chi connectivity index (χ3v) is 4.43. The molecule has 1 aliphatic heterocycles. The van der Waals surface area contributed by atoms with Crippen LogP contribution in [0.15, 0.2) is 24.0 Å². The van der Waals surface area contributed by atoms with Crippen LogP contribution < -0.4 is 9.47 Å². The first-order chi connectivity index (χ1) is 9.53. The van der Waals surface area contributed by atoms with E-state index in [0.29, 0.717) is 6.79 Å². The summed E-state index contributed by atoms with van der Waals surface area (Å²) >= 11 is 0. The van der Waals surface area contributed by atoms with Crippen molar-refractivity contribution in [2.75, 3.05) is 6.79 Å². The fourth-order valence-electron chi connectivity index (χ4n) is 2.75. The molecular weight excluding hydrogens is 268 g/mol. The largest absolute Gasteiger partial charge is 0.547 e. The normalized spacial score (nSPS) is 18.4. The summed E-state index contributed by atoms with van der Waals surface area (Å²) in [5.74, 6) is 2.90. The molecule has 0 aromatic heterocycles. The zero-order valence-corrected chi connectivity index (χ0v) is 13.5. The van der Waals surface area contributed by atoms with Gasteiger partial charge in [0, 0.05) is 6.42 Å². The van der Waals surface area contributed by atoms with Gasteiger partial charge in [0.2, 0.25) is 15.1 Å². The molecule has 0 atom stereocenters. The number of ether oxygens (including phenoxy) is 2. The molecule has 0 saturated carbocycles. The molecule has 3 nitrogen and oxygen atoms in total. The highest BCUT2D eigenvalue weighted by molar-refractivity contribution is 6.70. The Bertz CT molecular complexity index is 543. The first-order valence-corrected chi connectivity index (χ1v) is 10.7. The predicted octanol–water partition coefficient (Wildman–Crippen LogP) is 4.55. The summed E-state index contributed by atoms with van der Waals surface area (Å²) in [6.07, 6.45) is 4.63. The molecule has 1 aliphatic carbocycles. The van der Waals surface area contributed by atoms with Gasteiger partial charge in [-0.15, -0.1) is 0 Å². The minimum absolute atomic E-state index is 0.329. The molecule has 0 radical (unpaired) electrons. The lowest BCUT2D eigenvalue weighted by atomic mass is 9.92. The van der Waals surface area contributed by atoms with Crippen molar-refractivity contribution < 1.29 is 13.9 Å². The van der Waals surface area contributed by atoms with Crippen LogP contribution >= 0.6 is 0 Å². The van der Waals surface area contributed by atoms with E-state index < -0.39 is 8.32 Å². The van der Waals surface area contributed by atoms with Gasteiger partial charge in [0.1, 0.15) is 0 Å². The van der Waals surface area contributed by atoms with Gasteiger partial charge in [0.15, 0.2) is 11.5 Å². The van der Waals surface area contributed by atoms with E-state index in [1.165, 1.54) is 29.7 Å². The Kier molecular flexibility index (Phi) is 3.50. The standard InChI is InChI=1S/C16H22O3Si/c1-20(2,3)19-14-7-5-4-6-13(14)12-8-9-15-16(10-12)18-11-17-15/h8-10H,4-7,11H2,1-3H3. The molecule has 1 heterocycles. The van der Waals surface area contributed by atoms with Crippen LogP contribution in [0.25, 0.3) is 5.57 Å². The molecule has 0 N–H and O–H groups in total. The number of hydrogen-bond donors (Lipinski definition) is 0. The van der Waals surface area contributed by atoms with Gasteiger partial charge in [-0.05, 0) is 62.2 Å². The number of fused-ring (bicyclic) bond motifs is 1. The van der Waals surface area contributed by atoms with Crippen LogP contribution in [-0.2, 0) is 4.43 Å². The summed E-state index contributed by atoms with van der Waals surface area (Å²) in [5, 5.41) is 0. The van der Waals surface area contributed by atoms with Gasteiger partial charge in [0.05, 0.1) is 5.76 Å². The molecule has 0 fully saturated rings. The first kappa shape index (κ1) is 13.6. The Balaban J connectivity index is 1.96. The van der Waals surface area contributed by atoms with E-state index in [1.807, 2.05) is 6.07 Å². The van der Waals surface area contributed by atoms with Gasteiger partial charge >= 0.3 is 0 Å². The Morgan fingerprint density at radius 2 is 1.75 bits per heavy atom. The topological polar surface area (TPSA) is 27.7 Å². The molecule has 1 aromatic rings. The average molecular weight is 290 g/mol. The van der Waals surface area contributed by atoms with Crippen LogP contribution in [0, 0.1) is 0 Å². The second-order valence-corrected chi connectivity index (χ2v) is 10.8. The minimum atomic E-state index is -1.55. The van der Waals surface area contributed by atoms with Gasteiger partial charge in [-0.1, -0.05) is 6.07 Å². The highest BCUT2D eigenvalue weighted by atomic mass is 28.4. The molecular formula is C16H22O3Si.